The molecule has 1 unspecified atom stereocenters. The van der Waals surface area contributed by atoms with E-state index >= 15 is 0 Å². The Morgan fingerprint density at radius 2 is 2.25 bits per heavy atom. The molecule has 1 atom stereocenters. The van der Waals surface area contributed by atoms with E-state index in [1.54, 1.807) is 37.8 Å². The zero-order chi connectivity index (χ0) is 14.8. The molecule has 0 aliphatic carbocycles. The lowest BCUT2D eigenvalue weighted by molar-refractivity contribution is 0.520. The molecule has 3 N–H and O–H groups in total. The molecule has 2 aromatic rings. The van der Waals surface area contributed by atoms with E-state index in [2.05, 4.69) is 25.6 Å². The first kappa shape index (κ1) is 15.0. The third kappa shape index (κ3) is 3.59. The number of benzene rings is 1. The van der Waals surface area contributed by atoms with E-state index < -0.39 is 10.0 Å². The number of halogens is 1. The van der Waals surface area contributed by atoms with Crippen molar-refractivity contribution in [2.75, 3.05) is 5.73 Å². The van der Waals surface area contributed by atoms with Crippen LogP contribution in [0.15, 0.2) is 46.3 Å². The Kier molecular flexibility index (Phi) is 4.46. The number of anilines is 1. The average Bonchev–Trinajstić information content (AvgIpc) is 2.79. The molecule has 1 aromatic heterocycles. The first-order chi connectivity index (χ1) is 9.38. The first-order valence-electron chi connectivity index (χ1n) is 5.91. The molecule has 0 aliphatic rings. The van der Waals surface area contributed by atoms with E-state index in [0.29, 0.717) is 16.7 Å². The fraction of sp³-hybridized carbons (Fsp3) is 0.250. The molecule has 0 saturated carbocycles. The summed E-state index contributed by atoms with van der Waals surface area (Å²) >= 11 is 3.22. The minimum Gasteiger partial charge on any atom is -0.399 e. The van der Waals surface area contributed by atoms with Crippen molar-refractivity contribution in [3.05, 3.63) is 41.4 Å². The number of imidazole rings is 1. The molecule has 2 rings (SSSR count). The number of nitrogens with two attached hydrogens (primary N) is 1. The van der Waals surface area contributed by atoms with Crippen LogP contribution in [0.1, 0.15) is 6.92 Å². The number of hydrogen-bond donors (Lipinski definition) is 2. The molecule has 0 spiro atoms. The summed E-state index contributed by atoms with van der Waals surface area (Å²) in [6, 6.07) is 4.33. The molecule has 0 bridgehead atoms. The quantitative estimate of drug-likeness (QED) is 0.794. The van der Waals surface area contributed by atoms with Crippen molar-refractivity contribution in [3.8, 4) is 0 Å². The second-order valence-corrected chi connectivity index (χ2v) is 7.01. The van der Waals surface area contributed by atoms with Crippen LogP contribution in [-0.4, -0.2) is 24.0 Å². The maximum Gasteiger partial charge on any atom is 0.241 e. The monoisotopic (exact) mass is 358 g/mol. The topological polar surface area (TPSA) is 90.0 Å². The van der Waals surface area contributed by atoms with E-state index in [0.717, 1.165) is 0 Å². The van der Waals surface area contributed by atoms with Gasteiger partial charge >= 0.3 is 0 Å². The highest BCUT2D eigenvalue weighted by atomic mass is 79.9. The Balaban J connectivity index is 2.14. The lowest BCUT2D eigenvalue weighted by Gasteiger charge is -2.15. The molecule has 0 radical (unpaired) electrons. The molecule has 0 saturated heterocycles. The van der Waals surface area contributed by atoms with Crippen LogP contribution in [0.5, 0.6) is 0 Å². The number of nitrogen functional groups attached to an aromatic ring is 1. The fourth-order valence-electron chi connectivity index (χ4n) is 1.81. The van der Waals surface area contributed by atoms with Crippen molar-refractivity contribution in [2.24, 2.45) is 0 Å². The molecule has 1 aromatic carbocycles. The van der Waals surface area contributed by atoms with Gasteiger partial charge in [0.15, 0.2) is 0 Å². The third-order valence-electron chi connectivity index (χ3n) is 2.65. The molecule has 8 heteroatoms. The second-order valence-electron chi connectivity index (χ2n) is 4.47. The Hall–Kier alpha value is -1.38. The Morgan fingerprint density at radius 1 is 1.50 bits per heavy atom. The fourth-order valence-corrected chi connectivity index (χ4v) is 4.14. The van der Waals surface area contributed by atoms with Gasteiger partial charge in [-0.25, -0.2) is 18.1 Å². The van der Waals surface area contributed by atoms with E-state index in [1.807, 2.05) is 4.57 Å². The average molecular weight is 359 g/mol. The van der Waals surface area contributed by atoms with Gasteiger partial charge in [-0.3, -0.25) is 0 Å². The van der Waals surface area contributed by atoms with E-state index in [4.69, 9.17) is 5.73 Å². The van der Waals surface area contributed by atoms with Crippen molar-refractivity contribution >= 4 is 31.6 Å². The Labute approximate surface area is 126 Å². The standard InChI is InChI=1S/C12H15BrN4O2S/c1-9(7-17-5-4-15-8-17)16-20(18,19)12-3-2-10(14)6-11(12)13/h2-6,8-9,16H,7,14H2,1H3. The van der Waals surface area contributed by atoms with Crippen molar-refractivity contribution in [3.63, 3.8) is 0 Å². The van der Waals surface area contributed by atoms with Gasteiger partial charge in [-0.15, -0.1) is 0 Å². The zero-order valence-corrected chi connectivity index (χ0v) is 13.2. The molecule has 108 valence electrons. The maximum atomic E-state index is 12.3. The third-order valence-corrected chi connectivity index (χ3v) is 5.21. The summed E-state index contributed by atoms with van der Waals surface area (Å²) in [6.07, 6.45) is 5.08. The van der Waals surface area contributed by atoms with Gasteiger partial charge in [0.05, 0.1) is 11.2 Å². The number of hydrogen-bond acceptors (Lipinski definition) is 4. The first-order valence-corrected chi connectivity index (χ1v) is 8.19. The van der Waals surface area contributed by atoms with Crippen LogP contribution in [0.2, 0.25) is 0 Å². The van der Waals surface area contributed by atoms with Gasteiger partial charge in [0.25, 0.3) is 0 Å². The van der Waals surface area contributed by atoms with E-state index in [9.17, 15) is 8.42 Å². The van der Waals surface area contributed by atoms with Gasteiger partial charge in [-0.05, 0) is 41.1 Å². The lowest BCUT2D eigenvalue weighted by Crippen LogP contribution is -2.35. The molecule has 20 heavy (non-hydrogen) atoms. The van der Waals surface area contributed by atoms with Crippen LogP contribution in [0, 0.1) is 0 Å². The molecule has 0 fully saturated rings. The minimum atomic E-state index is -3.60. The Morgan fingerprint density at radius 3 is 2.85 bits per heavy atom. The highest BCUT2D eigenvalue weighted by Gasteiger charge is 2.20. The van der Waals surface area contributed by atoms with Gasteiger partial charge in [0, 0.05) is 35.1 Å². The van der Waals surface area contributed by atoms with Crippen molar-refractivity contribution in [1.82, 2.24) is 14.3 Å². The maximum absolute atomic E-state index is 12.3. The number of aromatic nitrogens is 2. The molecule has 1 heterocycles. The van der Waals surface area contributed by atoms with E-state index in [1.165, 1.54) is 6.07 Å². The summed E-state index contributed by atoms with van der Waals surface area (Å²) in [7, 11) is -3.60. The van der Waals surface area contributed by atoms with Gasteiger partial charge in [-0.1, -0.05) is 0 Å². The summed E-state index contributed by atoms with van der Waals surface area (Å²) in [4.78, 5) is 4.09. The van der Waals surface area contributed by atoms with E-state index in [-0.39, 0.29) is 10.9 Å². The summed E-state index contributed by atoms with van der Waals surface area (Å²) in [5, 5.41) is 0. The highest BCUT2D eigenvalue weighted by Crippen LogP contribution is 2.24. The minimum absolute atomic E-state index is 0.171. The largest absolute Gasteiger partial charge is 0.399 e. The van der Waals surface area contributed by atoms with Crippen LogP contribution in [0.3, 0.4) is 0 Å². The van der Waals surface area contributed by atoms with Crippen LogP contribution >= 0.6 is 15.9 Å². The SMILES string of the molecule is CC(Cn1ccnc1)NS(=O)(=O)c1ccc(N)cc1Br. The predicted octanol–water partition coefficient (Wildman–Crippen LogP) is 1.59. The number of nitrogens with one attached hydrogen (secondary N) is 1. The summed E-state index contributed by atoms with van der Waals surface area (Å²) in [5.41, 5.74) is 6.11. The summed E-state index contributed by atoms with van der Waals surface area (Å²) in [6.45, 7) is 2.30. The molecule has 6 nitrogen and oxygen atoms in total. The van der Waals surface area contributed by atoms with Crippen LogP contribution < -0.4 is 10.5 Å². The van der Waals surface area contributed by atoms with Crippen LogP contribution in [0.25, 0.3) is 0 Å². The number of sulfonamides is 1. The molecule has 0 aliphatic heterocycles. The van der Waals surface area contributed by atoms with Gasteiger partial charge in [-0.2, -0.15) is 0 Å². The zero-order valence-electron chi connectivity index (χ0n) is 10.8. The normalized spacial score (nSPS) is 13.3. The molecular formula is C12H15BrN4O2S. The predicted molar refractivity (Wildman–Crippen MR) is 80.6 cm³/mol. The van der Waals surface area contributed by atoms with Crippen LogP contribution in [0.4, 0.5) is 5.69 Å². The van der Waals surface area contributed by atoms with Crippen molar-refractivity contribution < 1.29 is 8.42 Å². The second kappa shape index (κ2) is 5.94. The number of nitrogens with zero attached hydrogens (tertiary/aromatic N) is 2. The van der Waals surface area contributed by atoms with Crippen molar-refractivity contribution in [2.45, 2.75) is 24.4 Å². The summed E-state index contributed by atoms with van der Waals surface area (Å²) < 4.78 is 29.5. The van der Waals surface area contributed by atoms with Gasteiger partial charge in [0.1, 0.15) is 0 Å². The van der Waals surface area contributed by atoms with Gasteiger partial charge in [0.2, 0.25) is 10.0 Å². The molecule has 0 amide bonds. The molecular weight excluding hydrogens is 344 g/mol. The highest BCUT2D eigenvalue weighted by molar-refractivity contribution is 9.10. The summed E-state index contributed by atoms with van der Waals surface area (Å²) in [5.74, 6) is 0. The lowest BCUT2D eigenvalue weighted by atomic mass is 10.3. The Bertz CT molecular complexity index is 685. The van der Waals surface area contributed by atoms with Gasteiger partial charge < -0.3 is 10.3 Å². The number of rotatable bonds is 5. The van der Waals surface area contributed by atoms with Crippen molar-refractivity contribution in [1.29, 1.82) is 0 Å². The smallest absolute Gasteiger partial charge is 0.241 e. The van der Waals surface area contributed by atoms with Crippen LogP contribution in [-0.2, 0) is 16.6 Å².